The Hall–Kier alpha value is -2.60. The Morgan fingerprint density at radius 1 is 1.08 bits per heavy atom. The lowest BCUT2D eigenvalue weighted by molar-refractivity contribution is 0.227. The maximum atomic E-state index is 5.93. The Labute approximate surface area is 141 Å². The second kappa shape index (κ2) is 7.31. The topological polar surface area (TPSA) is 60.7 Å². The largest absolute Gasteiger partial charge is 0.493 e. The molecule has 1 aromatic carbocycles. The molecule has 0 aliphatic heterocycles. The van der Waals surface area contributed by atoms with E-state index < -0.39 is 0 Å². The second-order valence-corrected chi connectivity index (χ2v) is 5.76. The Kier molecular flexibility index (Phi) is 4.96. The van der Waals surface area contributed by atoms with Crippen LogP contribution in [0, 0.1) is 0 Å². The number of hydrogen-bond donors (Lipinski definition) is 1. The van der Waals surface area contributed by atoms with Gasteiger partial charge < -0.3 is 14.8 Å². The molecule has 0 bridgehead atoms. The van der Waals surface area contributed by atoms with Gasteiger partial charge in [-0.1, -0.05) is 18.2 Å². The lowest BCUT2D eigenvalue weighted by Crippen LogP contribution is -2.17. The number of methoxy groups -OCH3 is 1. The first-order valence-corrected chi connectivity index (χ1v) is 8.01. The van der Waals surface area contributed by atoms with Crippen LogP contribution in [0.3, 0.4) is 0 Å². The van der Waals surface area contributed by atoms with Crippen molar-refractivity contribution in [2.75, 3.05) is 7.11 Å². The third kappa shape index (κ3) is 3.49. The molecule has 0 aliphatic carbocycles. The van der Waals surface area contributed by atoms with Gasteiger partial charge in [0.15, 0.2) is 23.0 Å². The zero-order valence-electron chi connectivity index (χ0n) is 14.2. The summed E-state index contributed by atoms with van der Waals surface area (Å²) >= 11 is 0. The van der Waals surface area contributed by atoms with Crippen molar-refractivity contribution in [3.05, 3.63) is 54.0 Å². The molecule has 3 aromatic rings. The third-order valence-corrected chi connectivity index (χ3v) is 3.62. The SMILES string of the molecule is COc1cccc(CNCc2nnc3ccccn23)c1OC(C)C. The Morgan fingerprint density at radius 3 is 2.75 bits per heavy atom. The summed E-state index contributed by atoms with van der Waals surface area (Å²) in [7, 11) is 1.65. The van der Waals surface area contributed by atoms with Crippen LogP contribution in [0.15, 0.2) is 42.6 Å². The van der Waals surface area contributed by atoms with E-state index in [1.807, 2.05) is 60.8 Å². The van der Waals surface area contributed by atoms with Gasteiger partial charge >= 0.3 is 0 Å². The highest BCUT2D eigenvalue weighted by atomic mass is 16.5. The number of nitrogens with zero attached hydrogens (tertiary/aromatic N) is 3. The molecule has 0 unspecified atom stereocenters. The second-order valence-electron chi connectivity index (χ2n) is 5.76. The summed E-state index contributed by atoms with van der Waals surface area (Å²) in [5.41, 5.74) is 1.90. The summed E-state index contributed by atoms with van der Waals surface area (Å²) in [5, 5.41) is 11.8. The quantitative estimate of drug-likeness (QED) is 0.723. The molecule has 0 saturated carbocycles. The number of aromatic nitrogens is 3. The fourth-order valence-corrected chi connectivity index (χ4v) is 2.55. The van der Waals surface area contributed by atoms with Gasteiger partial charge in [0.2, 0.25) is 0 Å². The summed E-state index contributed by atoms with van der Waals surface area (Å²) in [6.07, 6.45) is 2.05. The van der Waals surface area contributed by atoms with Crippen molar-refractivity contribution in [1.29, 1.82) is 0 Å². The van der Waals surface area contributed by atoms with Gasteiger partial charge in [-0.15, -0.1) is 10.2 Å². The molecule has 0 amide bonds. The van der Waals surface area contributed by atoms with Gasteiger partial charge in [0.1, 0.15) is 0 Å². The van der Waals surface area contributed by atoms with Crippen LogP contribution in [0.25, 0.3) is 5.65 Å². The summed E-state index contributed by atoms with van der Waals surface area (Å²) in [6.45, 7) is 5.28. The van der Waals surface area contributed by atoms with Gasteiger partial charge in [-0.25, -0.2) is 0 Å². The highest BCUT2D eigenvalue weighted by Gasteiger charge is 2.12. The predicted octanol–water partition coefficient (Wildman–Crippen LogP) is 2.81. The first-order valence-electron chi connectivity index (χ1n) is 8.01. The van der Waals surface area contributed by atoms with E-state index in [4.69, 9.17) is 9.47 Å². The number of ether oxygens (including phenoxy) is 2. The molecule has 0 spiro atoms. The monoisotopic (exact) mass is 326 g/mol. The first-order chi connectivity index (χ1) is 11.7. The van der Waals surface area contributed by atoms with Crippen LogP contribution >= 0.6 is 0 Å². The van der Waals surface area contributed by atoms with Gasteiger partial charge in [-0.05, 0) is 32.0 Å². The molecule has 2 heterocycles. The van der Waals surface area contributed by atoms with Crippen LogP contribution in [0.1, 0.15) is 25.2 Å². The smallest absolute Gasteiger partial charge is 0.166 e. The molecular formula is C18H22N4O2. The third-order valence-electron chi connectivity index (χ3n) is 3.62. The molecule has 126 valence electrons. The van der Waals surface area contributed by atoms with E-state index in [0.29, 0.717) is 13.1 Å². The molecule has 0 fully saturated rings. The lowest BCUT2D eigenvalue weighted by atomic mass is 10.1. The zero-order chi connectivity index (χ0) is 16.9. The molecule has 0 saturated heterocycles. The Morgan fingerprint density at radius 2 is 1.96 bits per heavy atom. The average Bonchev–Trinajstić information content (AvgIpc) is 2.99. The lowest BCUT2D eigenvalue weighted by Gasteiger charge is -2.17. The average molecular weight is 326 g/mol. The Balaban J connectivity index is 1.72. The van der Waals surface area contributed by atoms with E-state index in [1.165, 1.54) is 0 Å². The van der Waals surface area contributed by atoms with Crippen LogP contribution in [0.5, 0.6) is 11.5 Å². The standard InChI is InChI=1S/C18H22N4O2/c1-13(2)24-18-14(7-6-8-15(18)23-3)11-19-12-17-21-20-16-9-4-5-10-22(16)17/h4-10,13,19H,11-12H2,1-3H3. The van der Waals surface area contributed by atoms with Crippen LogP contribution in [0.4, 0.5) is 0 Å². The first kappa shape index (κ1) is 16.3. The minimum atomic E-state index is 0.0838. The van der Waals surface area contributed by atoms with E-state index in [2.05, 4.69) is 15.5 Å². The predicted molar refractivity (Wildman–Crippen MR) is 92.3 cm³/mol. The minimum Gasteiger partial charge on any atom is -0.493 e. The minimum absolute atomic E-state index is 0.0838. The number of para-hydroxylation sites is 1. The molecule has 6 nitrogen and oxygen atoms in total. The van der Waals surface area contributed by atoms with Crippen LogP contribution in [-0.2, 0) is 13.1 Å². The van der Waals surface area contributed by atoms with Crippen molar-refractivity contribution < 1.29 is 9.47 Å². The molecule has 0 atom stereocenters. The summed E-state index contributed by atoms with van der Waals surface area (Å²) in [5.74, 6) is 2.41. The number of hydrogen-bond acceptors (Lipinski definition) is 5. The molecular weight excluding hydrogens is 304 g/mol. The summed E-state index contributed by atoms with van der Waals surface area (Å²) in [4.78, 5) is 0. The van der Waals surface area contributed by atoms with Crippen molar-refractivity contribution >= 4 is 5.65 Å². The molecule has 1 N–H and O–H groups in total. The van der Waals surface area contributed by atoms with Crippen molar-refractivity contribution in [2.24, 2.45) is 0 Å². The highest BCUT2D eigenvalue weighted by molar-refractivity contribution is 5.46. The van der Waals surface area contributed by atoms with Crippen molar-refractivity contribution in [1.82, 2.24) is 19.9 Å². The maximum absolute atomic E-state index is 5.93. The number of fused-ring (bicyclic) bond motifs is 1. The van der Waals surface area contributed by atoms with E-state index >= 15 is 0 Å². The van der Waals surface area contributed by atoms with Gasteiger partial charge in [-0.3, -0.25) is 4.40 Å². The van der Waals surface area contributed by atoms with Gasteiger partial charge in [0, 0.05) is 18.3 Å². The van der Waals surface area contributed by atoms with E-state index in [9.17, 15) is 0 Å². The zero-order valence-corrected chi connectivity index (χ0v) is 14.2. The molecule has 2 aromatic heterocycles. The fourth-order valence-electron chi connectivity index (χ4n) is 2.55. The van der Waals surface area contributed by atoms with Gasteiger partial charge in [0.05, 0.1) is 19.8 Å². The van der Waals surface area contributed by atoms with Crippen molar-refractivity contribution in [2.45, 2.75) is 33.0 Å². The number of nitrogens with one attached hydrogen (secondary N) is 1. The molecule has 3 rings (SSSR count). The molecule has 0 aliphatic rings. The molecule has 0 radical (unpaired) electrons. The number of rotatable bonds is 7. The van der Waals surface area contributed by atoms with Crippen LogP contribution in [0.2, 0.25) is 0 Å². The molecule has 6 heteroatoms. The maximum Gasteiger partial charge on any atom is 0.166 e. The molecule has 24 heavy (non-hydrogen) atoms. The van der Waals surface area contributed by atoms with Crippen LogP contribution < -0.4 is 14.8 Å². The fraction of sp³-hybridized carbons (Fsp3) is 0.333. The van der Waals surface area contributed by atoms with Gasteiger partial charge in [-0.2, -0.15) is 0 Å². The van der Waals surface area contributed by atoms with E-state index in [0.717, 1.165) is 28.5 Å². The number of pyridine rings is 1. The van der Waals surface area contributed by atoms with Crippen molar-refractivity contribution in [3.63, 3.8) is 0 Å². The van der Waals surface area contributed by atoms with E-state index in [-0.39, 0.29) is 6.10 Å². The van der Waals surface area contributed by atoms with Crippen molar-refractivity contribution in [3.8, 4) is 11.5 Å². The highest BCUT2D eigenvalue weighted by Crippen LogP contribution is 2.31. The summed E-state index contributed by atoms with van der Waals surface area (Å²) < 4.78 is 13.3. The van der Waals surface area contributed by atoms with Crippen LogP contribution in [-0.4, -0.2) is 27.8 Å². The Bertz CT molecular complexity index is 814. The van der Waals surface area contributed by atoms with E-state index in [1.54, 1.807) is 7.11 Å². The normalized spacial score (nSPS) is 11.2. The number of benzene rings is 1. The summed E-state index contributed by atoms with van der Waals surface area (Å²) in [6, 6.07) is 11.8. The van der Waals surface area contributed by atoms with Gasteiger partial charge in [0.25, 0.3) is 0 Å².